The summed E-state index contributed by atoms with van der Waals surface area (Å²) in [5.74, 6) is 1.02. The first-order chi connectivity index (χ1) is 6.75. The van der Waals surface area contributed by atoms with E-state index in [2.05, 4.69) is 17.0 Å². The maximum Gasteiger partial charge on any atom is 0.138 e. The maximum absolute atomic E-state index is 5.18. The molecule has 3 nitrogen and oxygen atoms in total. The quantitative estimate of drug-likeness (QED) is 0.737. The first-order valence-corrected chi connectivity index (χ1v) is 5.42. The van der Waals surface area contributed by atoms with Crippen LogP contribution in [0.25, 0.3) is 0 Å². The minimum absolute atomic E-state index is 0.749. The lowest BCUT2D eigenvalue weighted by atomic mass is 10.2. The highest BCUT2D eigenvalue weighted by molar-refractivity contribution is 5.03. The van der Waals surface area contributed by atoms with Gasteiger partial charge in [-0.1, -0.05) is 5.16 Å². The summed E-state index contributed by atoms with van der Waals surface area (Å²) in [6.45, 7) is 6.62. The van der Waals surface area contributed by atoms with E-state index in [1.165, 1.54) is 19.4 Å². The van der Waals surface area contributed by atoms with E-state index in [1.54, 1.807) is 0 Å². The van der Waals surface area contributed by atoms with Crippen molar-refractivity contribution >= 4 is 0 Å². The highest BCUT2D eigenvalue weighted by Crippen LogP contribution is 2.16. The highest BCUT2D eigenvalue weighted by Gasteiger charge is 2.19. The molecule has 0 saturated carbocycles. The number of aromatic nitrogens is 1. The average Bonchev–Trinajstić information content (AvgIpc) is 2.72. The van der Waals surface area contributed by atoms with E-state index in [9.17, 15) is 0 Å². The van der Waals surface area contributed by atoms with Crippen LogP contribution in [0.15, 0.2) is 10.6 Å². The van der Waals surface area contributed by atoms with Crippen LogP contribution in [-0.2, 0) is 6.42 Å². The first kappa shape index (κ1) is 9.71. The van der Waals surface area contributed by atoms with Gasteiger partial charge in [0.25, 0.3) is 0 Å². The van der Waals surface area contributed by atoms with Crippen molar-refractivity contribution in [2.24, 2.45) is 0 Å². The van der Waals surface area contributed by atoms with Gasteiger partial charge >= 0.3 is 0 Å². The van der Waals surface area contributed by atoms with Crippen molar-refractivity contribution in [1.82, 2.24) is 10.1 Å². The molecule has 1 aromatic heterocycles. The zero-order valence-electron chi connectivity index (χ0n) is 8.99. The van der Waals surface area contributed by atoms with Gasteiger partial charge in [0.05, 0.1) is 5.69 Å². The summed E-state index contributed by atoms with van der Waals surface area (Å²) in [4.78, 5) is 2.53. The molecule has 0 aromatic carbocycles. The standard InChI is InChI=1S/C11H18N2O/c1-9-8-11(14-12-9)5-7-13-6-3-4-10(13)2/h8,10H,3-7H2,1-2H3. The van der Waals surface area contributed by atoms with Crippen LogP contribution in [0.3, 0.4) is 0 Å². The third kappa shape index (κ3) is 2.15. The molecule has 1 saturated heterocycles. The molecule has 78 valence electrons. The number of likely N-dealkylation sites (tertiary alicyclic amines) is 1. The first-order valence-electron chi connectivity index (χ1n) is 5.42. The lowest BCUT2D eigenvalue weighted by Gasteiger charge is -2.19. The Morgan fingerprint density at radius 2 is 2.50 bits per heavy atom. The fraction of sp³-hybridized carbons (Fsp3) is 0.727. The van der Waals surface area contributed by atoms with Crippen LogP contribution in [0.5, 0.6) is 0 Å². The van der Waals surface area contributed by atoms with Crippen molar-refractivity contribution in [2.45, 2.75) is 39.2 Å². The van der Waals surface area contributed by atoms with E-state index in [4.69, 9.17) is 4.52 Å². The topological polar surface area (TPSA) is 29.3 Å². The van der Waals surface area contributed by atoms with Crippen molar-refractivity contribution in [3.8, 4) is 0 Å². The van der Waals surface area contributed by atoms with Gasteiger partial charge in [0.2, 0.25) is 0 Å². The molecule has 1 aromatic rings. The molecule has 0 radical (unpaired) electrons. The second-order valence-electron chi connectivity index (χ2n) is 4.21. The number of hydrogen-bond acceptors (Lipinski definition) is 3. The van der Waals surface area contributed by atoms with E-state index in [-0.39, 0.29) is 0 Å². The number of hydrogen-bond donors (Lipinski definition) is 0. The summed E-state index contributed by atoms with van der Waals surface area (Å²) >= 11 is 0. The third-order valence-corrected chi connectivity index (χ3v) is 3.01. The van der Waals surface area contributed by atoms with Crippen LogP contribution in [0.4, 0.5) is 0 Å². The Morgan fingerprint density at radius 3 is 3.07 bits per heavy atom. The maximum atomic E-state index is 5.18. The Kier molecular flexibility index (Phi) is 2.87. The molecule has 1 aliphatic rings. The number of nitrogens with zero attached hydrogens (tertiary/aromatic N) is 2. The van der Waals surface area contributed by atoms with Crippen molar-refractivity contribution in [1.29, 1.82) is 0 Å². The molecule has 0 N–H and O–H groups in total. The Balaban J connectivity index is 1.82. The summed E-state index contributed by atoms with van der Waals surface area (Å²) in [5.41, 5.74) is 0.981. The van der Waals surface area contributed by atoms with Gasteiger partial charge in [0, 0.05) is 25.1 Å². The van der Waals surface area contributed by atoms with Crippen molar-refractivity contribution < 1.29 is 4.52 Å². The van der Waals surface area contributed by atoms with Gasteiger partial charge < -0.3 is 9.42 Å². The molecular weight excluding hydrogens is 176 g/mol. The Bertz CT molecular complexity index is 295. The fourth-order valence-corrected chi connectivity index (χ4v) is 2.11. The Labute approximate surface area is 85.1 Å². The van der Waals surface area contributed by atoms with Gasteiger partial charge in [-0.05, 0) is 33.2 Å². The number of aryl methyl sites for hydroxylation is 1. The summed E-state index contributed by atoms with van der Waals surface area (Å²) in [6, 6.07) is 2.78. The van der Waals surface area contributed by atoms with Crippen LogP contribution in [0.2, 0.25) is 0 Å². The van der Waals surface area contributed by atoms with Gasteiger partial charge in [-0.2, -0.15) is 0 Å². The second-order valence-corrected chi connectivity index (χ2v) is 4.21. The van der Waals surface area contributed by atoms with Crippen molar-refractivity contribution in [3.05, 3.63) is 17.5 Å². The zero-order chi connectivity index (χ0) is 9.97. The molecule has 14 heavy (non-hydrogen) atoms. The fourth-order valence-electron chi connectivity index (χ4n) is 2.11. The molecule has 0 spiro atoms. The molecule has 1 atom stereocenters. The summed E-state index contributed by atoms with van der Waals surface area (Å²) in [6.07, 6.45) is 3.68. The predicted octanol–water partition coefficient (Wildman–Crippen LogP) is 2.01. The molecule has 2 rings (SSSR count). The second kappa shape index (κ2) is 4.13. The monoisotopic (exact) mass is 194 g/mol. The minimum Gasteiger partial charge on any atom is -0.361 e. The average molecular weight is 194 g/mol. The Hall–Kier alpha value is -0.830. The normalized spacial score (nSPS) is 23.1. The van der Waals surface area contributed by atoms with Gasteiger partial charge in [-0.3, -0.25) is 0 Å². The lowest BCUT2D eigenvalue weighted by Crippen LogP contribution is -2.28. The smallest absolute Gasteiger partial charge is 0.138 e. The molecule has 0 amide bonds. The van der Waals surface area contributed by atoms with Gasteiger partial charge in [-0.25, -0.2) is 0 Å². The SMILES string of the molecule is Cc1cc(CCN2CCCC2C)on1. The lowest BCUT2D eigenvalue weighted by molar-refractivity contribution is 0.260. The van der Waals surface area contributed by atoms with Crippen LogP contribution in [0, 0.1) is 6.92 Å². The van der Waals surface area contributed by atoms with E-state index in [0.29, 0.717) is 0 Å². The summed E-state index contributed by atoms with van der Waals surface area (Å²) < 4.78 is 5.18. The summed E-state index contributed by atoms with van der Waals surface area (Å²) in [7, 11) is 0. The van der Waals surface area contributed by atoms with Gasteiger partial charge in [-0.15, -0.1) is 0 Å². The molecule has 2 heterocycles. The van der Waals surface area contributed by atoms with E-state index in [1.807, 2.05) is 13.0 Å². The predicted molar refractivity (Wildman–Crippen MR) is 55.2 cm³/mol. The van der Waals surface area contributed by atoms with Crippen LogP contribution >= 0.6 is 0 Å². The molecule has 0 bridgehead atoms. The minimum atomic E-state index is 0.749. The van der Waals surface area contributed by atoms with Gasteiger partial charge in [0.1, 0.15) is 5.76 Å². The summed E-state index contributed by atoms with van der Waals surface area (Å²) in [5, 5.41) is 3.89. The van der Waals surface area contributed by atoms with Crippen molar-refractivity contribution in [3.63, 3.8) is 0 Å². The van der Waals surface area contributed by atoms with E-state index >= 15 is 0 Å². The van der Waals surface area contributed by atoms with Gasteiger partial charge in [0.15, 0.2) is 0 Å². The van der Waals surface area contributed by atoms with Crippen LogP contribution < -0.4 is 0 Å². The molecular formula is C11H18N2O. The largest absolute Gasteiger partial charge is 0.361 e. The van der Waals surface area contributed by atoms with Crippen molar-refractivity contribution in [2.75, 3.05) is 13.1 Å². The third-order valence-electron chi connectivity index (χ3n) is 3.01. The molecule has 3 heteroatoms. The molecule has 1 aliphatic heterocycles. The molecule has 1 unspecified atom stereocenters. The highest BCUT2D eigenvalue weighted by atomic mass is 16.5. The number of rotatable bonds is 3. The van der Waals surface area contributed by atoms with Crippen LogP contribution in [0.1, 0.15) is 31.2 Å². The Morgan fingerprint density at radius 1 is 1.64 bits per heavy atom. The molecule has 0 aliphatic carbocycles. The van der Waals surface area contributed by atoms with E-state index < -0.39 is 0 Å². The zero-order valence-corrected chi connectivity index (χ0v) is 8.99. The van der Waals surface area contributed by atoms with Crippen LogP contribution in [-0.4, -0.2) is 29.2 Å². The molecule has 1 fully saturated rings. The van der Waals surface area contributed by atoms with E-state index in [0.717, 1.165) is 30.5 Å².